The molecule has 0 bridgehead atoms. The lowest BCUT2D eigenvalue weighted by molar-refractivity contribution is 0.324. The molecule has 1 rings (SSSR count). The van der Waals surface area contributed by atoms with Crippen molar-refractivity contribution in [3.05, 3.63) is 34.8 Å². The summed E-state index contributed by atoms with van der Waals surface area (Å²) >= 11 is 3.55. The van der Waals surface area contributed by atoms with E-state index < -0.39 is 0 Å². The molecule has 0 saturated heterocycles. The molecule has 0 aromatic heterocycles. The third-order valence-electron chi connectivity index (χ3n) is 3.42. The molecule has 3 nitrogen and oxygen atoms in total. The first-order valence-electron chi connectivity index (χ1n) is 8.03. The molecule has 0 radical (unpaired) electrons. The lowest BCUT2D eigenvalue weighted by atomic mass is 10.1. The molecular formula is C18H28BrNO2. The zero-order valence-electron chi connectivity index (χ0n) is 13.8. The molecule has 0 aliphatic rings. The minimum absolute atomic E-state index is 0.463. The number of halogens is 1. The van der Waals surface area contributed by atoms with Crippen LogP contribution in [0, 0.1) is 0 Å². The summed E-state index contributed by atoms with van der Waals surface area (Å²) in [5, 5.41) is 3.49. The van der Waals surface area contributed by atoms with Gasteiger partial charge in [0.25, 0.3) is 0 Å². The van der Waals surface area contributed by atoms with Crippen molar-refractivity contribution >= 4 is 15.9 Å². The largest absolute Gasteiger partial charge is 0.493 e. The van der Waals surface area contributed by atoms with Crippen LogP contribution in [0.3, 0.4) is 0 Å². The predicted octanol–water partition coefficient (Wildman–Crippen LogP) is 5.08. The van der Waals surface area contributed by atoms with Crippen molar-refractivity contribution in [2.24, 2.45) is 0 Å². The van der Waals surface area contributed by atoms with Gasteiger partial charge in [-0.15, -0.1) is 0 Å². The summed E-state index contributed by atoms with van der Waals surface area (Å²) in [5.74, 6) is 1.47. The molecule has 0 aliphatic heterocycles. The third kappa shape index (κ3) is 6.84. The van der Waals surface area contributed by atoms with Crippen LogP contribution in [0.2, 0.25) is 0 Å². The van der Waals surface area contributed by atoms with E-state index in [1.807, 2.05) is 6.07 Å². The van der Waals surface area contributed by atoms with Crippen LogP contribution in [0.4, 0.5) is 0 Å². The van der Waals surface area contributed by atoms with E-state index in [4.69, 9.17) is 9.47 Å². The number of unbranched alkanes of at least 4 members (excludes halogenated alkanes) is 4. The molecule has 1 aromatic rings. The molecule has 0 unspecified atom stereocenters. The van der Waals surface area contributed by atoms with Gasteiger partial charge in [-0.2, -0.15) is 0 Å². The van der Waals surface area contributed by atoms with Crippen molar-refractivity contribution in [1.29, 1.82) is 0 Å². The standard InChI is InChI=1S/C18H28BrNO2/c1-4-6-7-8-9-10-20-14-15-12-16(19)18(22-11-5-2)17(13-15)21-3/h5,12-13,20H,2,4,6-11,14H2,1,3H3. The summed E-state index contributed by atoms with van der Waals surface area (Å²) in [4.78, 5) is 0. The topological polar surface area (TPSA) is 30.5 Å². The fourth-order valence-electron chi connectivity index (χ4n) is 2.24. The Balaban J connectivity index is 2.47. The molecule has 4 heteroatoms. The highest BCUT2D eigenvalue weighted by Crippen LogP contribution is 2.36. The molecule has 0 amide bonds. The van der Waals surface area contributed by atoms with Crippen molar-refractivity contribution in [1.82, 2.24) is 5.32 Å². The minimum atomic E-state index is 0.463. The van der Waals surface area contributed by atoms with Crippen molar-refractivity contribution in [3.63, 3.8) is 0 Å². The van der Waals surface area contributed by atoms with Crippen molar-refractivity contribution < 1.29 is 9.47 Å². The Labute approximate surface area is 143 Å². The lowest BCUT2D eigenvalue weighted by Gasteiger charge is -2.14. The lowest BCUT2D eigenvalue weighted by Crippen LogP contribution is -2.14. The zero-order chi connectivity index (χ0) is 16.2. The van der Waals surface area contributed by atoms with Gasteiger partial charge in [0.1, 0.15) is 6.61 Å². The van der Waals surface area contributed by atoms with E-state index in [1.54, 1.807) is 13.2 Å². The van der Waals surface area contributed by atoms with Crippen molar-refractivity contribution in [3.8, 4) is 11.5 Å². The fraction of sp³-hybridized carbons (Fsp3) is 0.556. The van der Waals surface area contributed by atoms with E-state index in [1.165, 1.54) is 37.7 Å². The Morgan fingerprint density at radius 3 is 2.68 bits per heavy atom. The van der Waals surface area contributed by atoms with Crippen LogP contribution in [-0.2, 0) is 6.54 Å². The van der Waals surface area contributed by atoms with Gasteiger partial charge in [-0.25, -0.2) is 0 Å². The highest BCUT2D eigenvalue weighted by Gasteiger charge is 2.11. The normalized spacial score (nSPS) is 10.5. The third-order valence-corrected chi connectivity index (χ3v) is 4.01. The molecule has 0 fully saturated rings. The monoisotopic (exact) mass is 369 g/mol. The van der Waals surface area contributed by atoms with Crippen LogP contribution >= 0.6 is 15.9 Å². The summed E-state index contributed by atoms with van der Waals surface area (Å²) in [7, 11) is 1.66. The van der Waals surface area contributed by atoms with E-state index >= 15 is 0 Å². The molecule has 0 aliphatic carbocycles. The van der Waals surface area contributed by atoms with E-state index in [-0.39, 0.29) is 0 Å². The summed E-state index contributed by atoms with van der Waals surface area (Å²) in [6, 6.07) is 4.10. The second-order valence-corrected chi connectivity index (χ2v) is 6.15. The van der Waals surface area contributed by atoms with Crippen molar-refractivity contribution in [2.45, 2.75) is 45.6 Å². The Morgan fingerprint density at radius 1 is 1.23 bits per heavy atom. The Kier molecular flexibility index (Phi) is 10.0. The Bertz CT molecular complexity index is 449. The highest BCUT2D eigenvalue weighted by atomic mass is 79.9. The molecule has 0 saturated carbocycles. The van der Waals surface area contributed by atoms with Crippen LogP contribution < -0.4 is 14.8 Å². The van der Waals surface area contributed by atoms with E-state index in [9.17, 15) is 0 Å². The molecule has 1 aromatic carbocycles. The maximum atomic E-state index is 5.63. The minimum Gasteiger partial charge on any atom is -0.493 e. The van der Waals surface area contributed by atoms with Gasteiger partial charge in [0.05, 0.1) is 11.6 Å². The molecule has 22 heavy (non-hydrogen) atoms. The highest BCUT2D eigenvalue weighted by molar-refractivity contribution is 9.10. The number of methoxy groups -OCH3 is 1. The average Bonchev–Trinajstić information content (AvgIpc) is 2.52. The number of ether oxygens (including phenoxy) is 2. The maximum absolute atomic E-state index is 5.63. The quantitative estimate of drug-likeness (QED) is 0.411. The predicted molar refractivity (Wildman–Crippen MR) is 96.9 cm³/mol. The van der Waals surface area contributed by atoms with E-state index in [0.29, 0.717) is 6.61 Å². The molecule has 1 N–H and O–H groups in total. The van der Waals surface area contributed by atoms with Gasteiger partial charge in [0.2, 0.25) is 0 Å². The average molecular weight is 370 g/mol. The van der Waals surface area contributed by atoms with Gasteiger partial charge in [-0.3, -0.25) is 0 Å². The van der Waals surface area contributed by atoms with Gasteiger partial charge in [-0.1, -0.05) is 45.3 Å². The van der Waals surface area contributed by atoms with Gasteiger partial charge >= 0.3 is 0 Å². The number of hydrogen-bond donors (Lipinski definition) is 1. The van der Waals surface area contributed by atoms with E-state index in [2.05, 4.69) is 40.8 Å². The summed E-state index contributed by atoms with van der Waals surface area (Å²) < 4.78 is 12.0. The maximum Gasteiger partial charge on any atom is 0.175 e. The molecular weight excluding hydrogens is 342 g/mol. The number of nitrogens with one attached hydrogen (secondary N) is 1. The summed E-state index contributed by atoms with van der Waals surface area (Å²) in [6.07, 6.45) is 8.24. The van der Waals surface area contributed by atoms with Crippen LogP contribution in [0.25, 0.3) is 0 Å². The first-order valence-corrected chi connectivity index (χ1v) is 8.83. The second-order valence-electron chi connectivity index (χ2n) is 5.30. The number of hydrogen-bond acceptors (Lipinski definition) is 3. The van der Waals surface area contributed by atoms with Crippen LogP contribution in [-0.4, -0.2) is 20.3 Å². The second kappa shape index (κ2) is 11.6. The molecule has 124 valence electrons. The fourth-order valence-corrected chi connectivity index (χ4v) is 2.85. The first kappa shape index (κ1) is 19.0. The van der Waals surface area contributed by atoms with Crippen LogP contribution in [0.15, 0.2) is 29.3 Å². The first-order chi connectivity index (χ1) is 10.7. The SMILES string of the molecule is C=CCOc1c(Br)cc(CNCCCCCCC)cc1OC. The van der Waals surface area contributed by atoms with Gasteiger partial charge in [0, 0.05) is 6.54 Å². The summed E-state index contributed by atoms with van der Waals surface area (Å²) in [5.41, 5.74) is 1.18. The summed E-state index contributed by atoms with van der Waals surface area (Å²) in [6.45, 7) is 8.26. The molecule has 0 spiro atoms. The molecule has 0 heterocycles. The Morgan fingerprint density at radius 2 is 2.00 bits per heavy atom. The van der Waals surface area contributed by atoms with Gasteiger partial charge in [-0.05, 0) is 46.6 Å². The van der Waals surface area contributed by atoms with Crippen LogP contribution in [0.5, 0.6) is 11.5 Å². The number of benzene rings is 1. The van der Waals surface area contributed by atoms with Crippen molar-refractivity contribution in [2.75, 3.05) is 20.3 Å². The van der Waals surface area contributed by atoms with Gasteiger partial charge in [0.15, 0.2) is 11.5 Å². The Hall–Kier alpha value is -1.00. The molecule has 0 atom stereocenters. The smallest absolute Gasteiger partial charge is 0.175 e. The van der Waals surface area contributed by atoms with Crippen LogP contribution in [0.1, 0.15) is 44.6 Å². The van der Waals surface area contributed by atoms with E-state index in [0.717, 1.165) is 29.1 Å². The number of rotatable bonds is 12. The zero-order valence-corrected chi connectivity index (χ0v) is 15.4. The van der Waals surface area contributed by atoms with Gasteiger partial charge < -0.3 is 14.8 Å².